The SMILES string of the molecule is CC(=O)NCCCCc1cccc(-n2c(-c3cccnc3N)nc3cc(-c4cccc(NC(C)=O)c4)c(-c4cccnc4)nc32)c1. The number of carbonyl (C=O) groups excluding carboxylic acids is 2. The molecular formula is C36H34N8O2. The average molecular weight is 611 g/mol. The van der Waals surface area contributed by atoms with Crippen LogP contribution in [0, 0.1) is 0 Å². The van der Waals surface area contributed by atoms with E-state index in [-0.39, 0.29) is 11.8 Å². The highest BCUT2D eigenvalue weighted by atomic mass is 16.2. The van der Waals surface area contributed by atoms with E-state index in [0.29, 0.717) is 40.6 Å². The average Bonchev–Trinajstić information content (AvgIpc) is 3.43. The summed E-state index contributed by atoms with van der Waals surface area (Å²) in [4.78, 5) is 42.2. The van der Waals surface area contributed by atoms with Crippen molar-refractivity contribution in [1.82, 2.24) is 29.8 Å². The summed E-state index contributed by atoms with van der Waals surface area (Å²) in [6.45, 7) is 3.67. The van der Waals surface area contributed by atoms with Crippen LogP contribution in [-0.2, 0) is 16.0 Å². The molecule has 4 N–H and O–H groups in total. The van der Waals surface area contributed by atoms with Crippen LogP contribution in [0.4, 0.5) is 11.5 Å². The zero-order valence-corrected chi connectivity index (χ0v) is 25.7. The van der Waals surface area contributed by atoms with E-state index in [1.54, 1.807) is 18.6 Å². The molecular weight excluding hydrogens is 576 g/mol. The minimum absolute atomic E-state index is 0.0158. The Morgan fingerprint density at radius 1 is 0.826 bits per heavy atom. The zero-order chi connectivity index (χ0) is 32.0. The number of fused-ring (bicyclic) bond motifs is 1. The standard InChI is InChI=1S/C36H34N8O2/c1-23(45)39-17-4-3-9-25-10-5-14-29(19-25)44-35(30-15-8-18-40-34(30)37)42-32-21-31(26-11-6-13-28(20-26)41-24(2)46)33(43-36(32)44)27-12-7-16-38-22-27/h5-8,10-16,18-22H,3-4,9,17H2,1-2H3,(H2,37,40)(H,39,45)(H,41,46). The van der Waals surface area contributed by atoms with Gasteiger partial charge in [-0.1, -0.05) is 24.3 Å². The van der Waals surface area contributed by atoms with E-state index in [9.17, 15) is 9.59 Å². The number of carbonyl (C=O) groups is 2. The number of aryl methyl sites for hydroxylation is 1. The van der Waals surface area contributed by atoms with Gasteiger partial charge in [-0.2, -0.15) is 0 Å². The first-order valence-corrected chi connectivity index (χ1v) is 15.1. The van der Waals surface area contributed by atoms with Gasteiger partial charge >= 0.3 is 0 Å². The summed E-state index contributed by atoms with van der Waals surface area (Å²) in [6, 6.07) is 25.6. The molecule has 0 atom stereocenters. The molecule has 2 amide bonds. The number of pyridine rings is 3. The Balaban J connectivity index is 1.53. The predicted octanol–water partition coefficient (Wildman–Crippen LogP) is 6.21. The van der Waals surface area contributed by atoms with Crippen molar-refractivity contribution >= 4 is 34.5 Å². The highest BCUT2D eigenvalue weighted by Gasteiger charge is 2.22. The minimum Gasteiger partial charge on any atom is -0.383 e. The van der Waals surface area contributed by atoms with Gasteiger partial charge in [0.1, 0.15) is 11.3 Å². The van der Waals surface area contributed by atoms with Crippen molar-refractivity contribution in [1.29, 1.82) is 0 Å². The molecule has 0 saturated heterocycles. The summed E-state index contributed by atoms with van der Waals surface area (Å²) in [7, 11) is 0. The van der Waals surface area contributed by atoms with Crippen LogP contribution >= 0.6 is 0 Å². The zero-order valence-electron chi connectivity index (χ0n) is 25.7. The second-order valence-corrected chi connectivity index (χ2v) is 11.0. The molecule has 6 aromatic rings. The van der Waals surface area contributed by atoms with E-state index in [1.165, 1.54) is 13.8 Å². The number of imidazole rings is 1. The van der Waals surface area contributed by atoms with Crippen LogP contribution in [0.25, 0.3) is 50.6 Å². The molecule has 0 unspecified atom stereocenters. The molecule has 0 aliphatic heterocycles. The molecule has 10 heteroatoms. The van der Waals surface area contributed by atoms with Gasteiger partial charge in [-0.3, -0.25) is 19.1 Å². The summed E-state index contributed by atoms with van der Waals surface area (Å²) in [5.41, 5.74) is 14.4. The molecule has 2 aromatic carbocycles. The molecule has 0 aliphatic carbocycles. The van der Waals surface area contributed by atoms with Crippen LogP contribution in [0.3, 0.4) is 0 Å². The molecule has 4 aromatic heterocycles. The maximum atomic E-state index is 11.8. The van der Waals surface area contributed by atoms with Crippen molar-refractivity contribution in [2.45, 2.75) is 33.1 Å². The maximum absolute atomic E-state index is 11.8. The topological polar surface area (TPSA) is 141 Å². The molecule has 0 aliphatic rings. The number of rotatable bonds is 10. The fourth-order valence-corrected chi connectivity index (χ4v) is 5.52. The van der Waals surface area contributed by atoms with Crippen molar-refractivity contribution in [3.05, 3.63) is 103 Å². The molecule has 10 nitrogen and oxygen atoms in total. The largest absolute Gasteiger partial charge is 0.383 e. The van der Waals surface area contributed by atoms with E-state index < -0.39 is 0 Å². The van der Waals surface area contributed by atoms with Gasteiger partial charge in [-0.15, -0.1) is 0 Å². The second-order valence-electron chi connectivity index (χ2n) is 11.0. The number of nitrogens with zero attached hydrogens (tertiary/aromatic N) is 5. The van der Waals surface area contributed by atoms with Crippen LogP contribution in [0.1, 0.15) is 32.3 Å². The van der Waals surface area contributed by atoms with Crippen molar-refractivity contribution in [3.8, 4) is 39.5 Å². The molecule has 6 rings (SSSR count). The Labute approximate surface area is 266 Å². The van der Waals surface area contributed by atoms with Crippen LogP contribution in [-0.4, -0.2) is 42.9 Å². The van der Waals surface area contributed by atoms with Gasteiger partial charge < -0.3 is 16.4 Å². The lowest BCUT2D eigenvalue weighted by molar-refractivity contribution is -0.119. The normalized spacial score (nSPS) is 11.0. The van der Waals surface area contributed by atoms with E-state index in [0.717, 1.165) is 52.9 Å². The number of nitrogen functional groups attached to an aromatic ring is 1. The number of hydrogen-bond acceptors (Lipinski definition) is 7. The molecule has 4 heterocycles. The summed E-state index contributed by atoms with van der Waals surface area (Å²) >= 11 is 0. The first kappa shape index (κ1) is 30.1. The lowest BCUT2D eigenvalue weighted by Gasteiger charge is -2.14. The van der Waals surface area contributed by atoms with Gasteiger partial charge in [0.15, 0.2) is 11.5 Å². The van der Waals surface area contributed by atoms with Crippen LogP contribution < -0.4 is 16.4 Å². The number of nitrogens with one attached hydrogen (secondary N) is 2. The Morgan fingerprint density at radius 3 is 2.43 bits per heavy atom. The van der Waals surface area contributed by atoms with E-state index in [2.05, 4.69) is 32.7 Å². The predicted molar refractivity (Wildman–Crippen MR) is 181 cm³/mol. The monoisotopic (exact) mass is 610 g/mol. The maximum Gasteiger partial charge on any atom is 0.221 e. The number of aromatic nitrogens is 5. The Hall–Kier alpha value is -5.90. The third kappa shape index (κ3) is 6.61. The second kappa shape index (κ2) is 13.4. The van der Waals surface area contributed by atoms with Crippen molar-refractivity contribution in [3.63, 3.8) is 0 Å². The summed E-state index contributed by atoms with van der Waals surface area (Å²) in [5, 5.41) is 5.74. The van der Waals surface area contributed by atoms with Gasteiger partial charge in [-0.25, -0.2) is 15.0 Å². The summed E-state index contributed by atoms with van der Waals surface area (Å²) in [6.07, 6.45) is 7.85. The fraction of sp³-hybridized carbons (Fsp3) is 0.167. The molecule has 0 bridgehead atoms. The molecule has 0 fully saturated rings. The van der Waals surface area contributed by atoms with Crippen molar-refractivity contribution in [2.24, 2.45) is 0 Å². The van der Waals surface area contributed by atoms with Crippen LogP contribution in [0.15, 0.2) is 97.5 Å². The number of anilines is 2. The Morgan fingerprint density at radius 2 is 1.65 bits per heavy atom. The number of amides is 2. The smallest absolute Gasteiger partial charge is 0.221 e. The Kier molecular flexibility index (Phi) is 8.78. The van der Waals surface area contributed by atoms with Crippen molar-refractivity contribution < 1.29 is 9.59 Å². The molecule has 0 radical (unpaired) electrons. The third-order valence-corrected chi connectivity index (χ3v) is 7.58. The fourth-order valence-electron chi connectivity index (χ4n) is 5.52. The number of unbranched alkanes of at least 4 members (excludes halogenated alkanes) is 1. The number of benzene rings is 2. The summed E-state index contributed by atoms with van der Waals surface area (Å²) < 4.78 is 2.03. The summed E-state index contributed by atoms with van der Waals surface area (Å²) in [5.74, 6) is 0.824. The molecule has 46 heavy (non-hydrogen) atoms. The third-order valence-electron chi connectivity index (χ3n) is 7.58. The first-order valence-electron chi connectivity index (χ1n) is 15.1. The quantitative estimate of drug-likeness (QED) is 0.157. The number of nitrogens with two attached hydrogens (primary N) is 1. The van der Waals surface area contributed by atoms with Gasteiger partial charge in [0.2, 0.25) is 11.8 Å². The van der Waals surface area contributed by atoms with Crippen LogP contribution in [0.5, 0.6) is 0 Å². The first-order chi connectivity index (χ1) is 22.4. The molecule has 0 spiro atoms. The van der Waals surface area contributed by atoms with E-state index in [4.69, 9.17) is 15.7 Å². The lowest BCUT2D eigenvalue weighted by atomic mass is 9.99. The van der Waals surface area contributed by atoms with Crippen LogP contribution in [0.2, 0.25) is 0 Å². The highest BCUT2D eigenvalue weighted by Crippen LogP contribution is 2.37. The van der Waals surface area contributed by atoms with Gasteiger partial charge in [0.25, 0.3) is 0 Å². The van der Waals surface area contributed by atoms with E-state index in [1.807, 2.05) is 71.3 Å². The van der Waals surface area contributed by atoms with Gasteiger partial charge in [0.05, 0.1) is 11.3 Å². The minimum atomic E-state index is -0.148. The molecule has 0 saturated carbocycles. The Bertz CT molecular complexity index is 2040. The number of hydrogen-bond donors (Lipinski definition) is 3. The highest BCUT2D eigenvalue weighted by molar-refractivity contribution is 5.94. The lowest BCUT2D eigenvalue weighted by Crippen LogP contribution is -2.20. The van der Waals surface area contributed by atoms with Gasteiger partial charge in [-0.05, 0) is 85.0 Å². The molecule has 230 valence electrons. The van der Waals surface area contributed by atoms with Gasteiger partial charge in [0, 0.05) is 61.5 Å². The van der Waals surface area contributed by atoms with Crippen molar-refractivity contribution in [2.75, 3.05) is 17.6 Å². The van der Waals surface area contributed by atoms with E-state index >= 15 is 0 Å².